The number of rotatable bonds is 4. The number of carboxylic acids is 1. The molecule has 0 bridgehead atoms. The highest BCUT2D eigenvalue weighted by Gasteiger charge is 2.26. The van der Waals surface area contributed by atoms with E-state index in [9.17, 15) is 4.79 Å². The molecule has 1 saturated heterocycles. The predicted molar refractivity (Wildman–Crippen MR) is 47.0 cm³/mol. The molecule has 1 fully saturated rings. The SMILES string of the molecule is C=CCC(C(=O)O)N1CCCC1. The monoisotopic (exact) mass is 169 g/mol. The predicted octanol–water partition coefficient (Wildman–Crippen LogP) is 1.11. The second kappa shape index (κ2) is 4.26. The van der Waals surface area contributed by atoms with E-state index >= 15 is 0 Å². The molecule has 1 unspecified atom stereocenters. The number of carboxylic acid groups (broad SMARTS) is 1. The summed E-state index contributed by atoms with van der Waals surface area (Å²) < 4.78 is 0. The molecule has 0 aromatic heterocycles. The molecule has 1 rings (SSSR count). The van der Waals surface area contributed by atoms with Crippen LogP contribution in [0, 0.1) is 0 Å². The van der Waals surface area contributed by atoms with Crippen LogP contribution in [0.25, 0.3) is 0 Å². The fourth-order valence-electron chi connectivity index (χ4n) is 1.62. The normalized spacial score (nSPS) is 20.7. The van der Waals surface area contributed by atoms with Crippen molar-refractivity contribution < 1.29 is 9.90 Å². The van der Waals surface area contributed by atoms with Gasteiger partial charge in [-0.1, -0.05) is 6.08 Å². The lowest BCUT2D eigenvalue weighted by Gasteiger charge is -2.21. The summed E-state index contributed by atoms with van der Waals surface area (Å²) in [6.07, 6.45) is 4.48. The van der Waals surface area contributed by atoms with Crippen LogP contribution in [-0.2, 0) is 4.79 Å². The summed E-state index contributed by atoms with van der Waals surface area (Å²) >= 11 is 0. The Labute approximate surface area is 72.7 Å². The minimum Gasteiger partial charge on any atom is -0.480 e. The number of nitrogens with zero attached hydrogens (tertiary/aromatic N) is 1. The van der Waals surface area contributed by atoms with Gasteiger partial charge in [0.2, 0.25) is 0 Å². The van der Waals surface area contributed by atoms with Crippen LogP contribution >= 0.6 is 0 Å². The third kappa shape index (κ3) is 2.08. The van der Waals surface area contributed by atoms with Gasteiger partial charge in [-0.25, -0.2) is 0 Å². The van der Waals surface area contributed by atoms with E-state index in [-0.39, 0.29) is 6.04 Å². The Morgan fingerprint density at radius 3 is 2.58 bits per heavy atom. The van der Waals surface area contributed by atoms with E-state index in [1.54, 1.807) is 6.08 Å². The Bertz CT molecular complexity index is 173. The molecule has 3 nitrogen and oxygen atoms in total. The van der Waals surface area contributed by atoms with Gasteiger partial charge >= 0.3 is 5.97 Å². The minimum atomic E-state index is -0.725. The Balaban J connectivity index is 2.51. The van der Waals surface area contributed by atoms with Gasteiger partial charge in [0.15, 0.2) is 0 Å². The van der Waals surface area contributed by atoms with Crippen LogP contribution in [0.1, 0.15) is 19.3 Å². The van der Waals surface area contributed by atoms with E-state index in [4.69, 9.17) is 5.11 Å². The van der Waals surface area contributed by atoms with Crippen molar-refractivity contribution in [3.05, 3.63) is 12.7 Å². The summed E-state index contributed by atoms with van der Waals surface area (Å²) in [4.78, 5) is 12.8. The zero-order chi connectivity index (χ0) is 8.97. The lowest BCUT2D eigenvalue weighted by Crippen LogP contribution is -2.38. The molecule has 3 heteroatoms. The highest BCUT2D eigenvalue weighted by molar-refractivity contribution is 5.73. The van der Waals surface area contributed by atoms with Crippen molar-refractivity contribution in [3.63, 3.8) is 0 Å². The molecule has 1 heterocycles. The average Bonchev–Trinajstić information content (AvgIpc) is 2.51. The third-order valence-electron chi connectivity index (χ3n) is 2.26. The fraction of sp³-hybridized carbons (Fsp3) is 0.667. The molecule has 12 heavy (non-hydrogen) atoms. The second-order valence-electron chi connectivity index (χ2n) is 3.12. The molecule has 0 aromatic carbocycles. The van der Waals surface area contributed by atoms with Crippen LogP contribution in [0.4, 0.5) is 0 Å². The van der Waals surface area contributed by atoms with Gasteiger partial charge in [0.25, 0.3) is 0 Å². The quantitative estimate of drug-likeness (QED) is 0.641. The Kier molecular flexibility index (Phi) is 3.29. The van der Waals surface area contributed by atoms with Crippen LogP contribution in [0.5, 0.6) is 0 Å². The Morgan fingerprint density at radius 2 is 2.17 bits per heavy atom. The molecule has 1 N–H and O–H groups in total. The van der Waals surface area contributed by atoms with Gasteiger partial charge in [0.1, 0.15) is 6.04 Å². The Hall–Kier alpha value is -0.830. The van der Waals surface area contributed by atoms with Gasteiger partial charge < -0.3 is 5.11 Å². The van der Waals surface area contributed by atoms with E-state index in [0.29, 0.717) is 6.42 Å². The maximum atomic E-state index is 10.8. The van der Waals surface area contributed by atoms with Crippen LogP contribution in [0.3, 0.4) is 0 Å². The first-order chi connectivity index (χ1) is 5.75. The summed E-state index contributed by atoms with van der Waals surface area (Å²) in [5.41, 5.74) is 0. The van der Waals surface area contributed by atoms with Gasteiger partial charge in [0, 0.05) is 0 Å². The minimum absolute atomic E-state index is 0.343. The molecular formula is C9H15NO2. The fourth-order valence-corrected chi connectivity index (χ4v) is 1.62. The zero-order valence-corrected chi connectivity index (χ0v) is 7.20. The number of hydrogen-bond acceptors (Lipinski definition) is 2. The summed E-state index contributed by atoms with van der Waals surface area (Å²) in [6, 6.07) is -0.343. The molecule has 0 spiro atoms. The summed E-state index contributed by atoms with van der Waals surface area (Å²) in [6.45, 7) is 5.41. The maximum Gasteiger partial charge on any atom is 0.321 e. The highest BCUT2D eigenvalue weighted by atomic mass is 16.4. The lowest BCUT2D eigenvalue weighted by molar-refractivity contribution is -0.142. The first-order valence-corrected chi connectivity index (χ1v) is 4.33. The van der Waals surface area contributed by atoms with E-state index < -0.39 is 5.97 Å². The van der Waals surface area contributed by atoms with E-state index in [0.717, 1.165) is 25.9 Å². The van der Waals surface area contributed by atoms with Crippen LogP contribution < -0.4 is 0 Å². The third-order valence-corrected chi connectivity index (χ3v) is 2.26. The molecule has 68 valence electrons. The van der Waals surface area contributed by atoms with E-state index in [1.807, 2.05) is 4.90 Å². The topological polar surface area (TPSA) is 40.5 Å². The number of carbonyl (C=O) groups is 1. The van der Waals surface area contributed by atoms with Crippen LogP contribution in [-0.4, -0.2) is 35.1 Å². The van der Waals surface area contributed by atoms with Gasteiger partial charge in [0.05, 0.1) is 0 Å². The van der Waals surface area contributed by atoms with Crippen LogP contribution in [0.2, 0.25) is 0 Å². The first kappa shape index (κ1) is 9.26. The van der Waals surface area contributed by atoms with Gasteiger partial charge in [-0.2, -0.15) is 0 Å². The van der Waals surface area contributed by atoms with Crippen molar-refractivity contribution in [2.24, 2.45) is 0 Å². The van der Waals surface area contributed by atoms with Crippen molar-refractivity contribution in [3.8, 4) is 0 Å². The molecular weight excluding hydrogens is 154 g/mol. The van der Waals surface area contributed by atoms with Gasteiger partial charge in [-0.3, -0.25) is 9.69 Å². The summed E-state index contributed by atoms with van der Waals surface area (Å²) in [5.74, 6) is -0.725. The number of aliphatic carboxylic acids is 1. The summed E-state index contributed by atoms with van der Waals surface area (Å²) in [7, 11) is 0. The van der Waals surface area contributed by atoms with Gasteiger partial charge in [-0.15, -0.1) is 6.58 Å². The van der Waals surface area contributed by atoms with Crippen molar-refractivity contribution >= 4 is 5.97 Å². The van der Waals surface area contributed by atoms with Gasteiger partial charge in [-0.05, 0) is 32.4 Å². The average molecular weight is 169 g/mol. The smallest absolute Gasteiger partial charge is 0.321 e. The maximum absolute atomic E-state index is 10.8. The van der Waals surface area contributed by atoms with E-state index in [1.165, 1.54) is 0 Å². The summed E-state index contributed by atoms with van der Waals surface area (Å²) in [5, 5.41) is 8.88. The van der Waals surface area contributed by atoms with Crippen molar-refractivity contribution in [2.45, 2.75) is 25.3 Å². The lowest BCUT2D eigenvalue weighted by atomic mass is 10.2. The molecule has 1 atom stereocenters. The van der Waals surface area contributed by atoms with Crippen molar-refractivity contribution in [1.82, 2.24) is 4.90 Å². The van der Waals surface area contributed by atoms with E-state index in [2.05, 4.69) is 6.58 Å². The van der Waals surface area contributed by atoms with Crippen molar-refractivity contribution in [2.75, 3.05) is 13.1 Å². The Morgan fingerprint density at radius 1 is 1.58 bits per heavy atom. The molecule has 0 amide bonds. The first-order valence-electron chi connectivity index (χ1n) is 4.33. The molecule has 1 aliphatic heterocycles. The molecule has 0 radical (unpaired) electrons. The highest BCUT2D eigenvalue weighted by Crippen LogP contribution is 2.14. The number of likely N-dealkylation sites (tertiary alicyclic amines) is 1. The molecule has 0 saturated carbocycles. The molecule has 1 aliphatic rings. The standard InChI is InChI=1S/C9H15NO2/c1-2-5-8(9(11)12)10-6-3-4-7-10/h2,8H,1,3-7H2,(H,11,12). The largest absolute Gasteiger partial charge is 0.480 e. The second-order valence-corrected chi connectivity index (χ2v) is 3.12. The van der Waals surface area contributed by atoms with Crippen molar-refractivity contribution in [1.29, 1.82) is 0 Å². The zero-order valence-electron chi connectivity index (χ0n) is 7.20. The number of hydrogen-bond donors (Lipinski definition) is 1. The molecule has 0 aliphatic carbocycles. The molecule has 0 aromatic rings. The van der Waals surface area contributed by atoms with Crippen LogP contribution in [0.15, 0.2) is 12.7 Å².